The van der Waals surface area contributed by atoms with Gasteiger partial charge in [-0.3, -0.25) is 9.69 Å². The molecular weight excluding hydrogens is 252 g/mol. The second-order valence-electron chi connectivity index (χ2n) is 5.57. The third kappa shape index (κ3) is 3.02. The van der Waals surface area contributed by atoms with Crippen LogP contribution in [0.15, 0.2) is 30.3 Å². The lowest BCUT2D eigenvalue weighted by atomic mass is 10.2. The van der Waals surface area contributed by atoms with E-state index >= 15 is 0 Å². The van der Waals surface area contributed by atoms with Crippen LogP contribution in [0.5, 0.6) is 0 Å². The first-order valence-electron chi connectivity index (χ1n) is 7.51. The molecule has 0 radical (unpaired) electrons. The van der Waals surface area contributed by atoms with Gasteiger partial charge in [0.05, 0.1) is 6.61 Å². The molecule has 1 atom stereocenters. The fourth-order valence-electron chi connectivity index (χ4n) is 3.08. The molecule has 0 spiro atoms. The maximum Gasteiger partial charge on any atom is 0.253 e. The summed E-state index contributed by atoms with van der Waals surface area (Å²) in [5, 5.41) is 0. The number of hydrogen-bond acceptors (Lipinski definition) is 3. The Balaban J connectivity index is 1.61. The van der Waals surface area contributed by atoms with Crippen LogP contribution in [-0.2, 0) is 4.74 Å². The maximum atomic E-state index is 12.5. The van der Waals surface area contributed by atoms with Gasteiger partial charge < -0.3 is 9.64 Å². The number of benzene rings is 1. The fraction of sp³-hybridized carbons (Fsp3) is 0.562. The number of nitrogens with zero attached hydrogens (tertiary/aromatic N) is 2. The Morgan fingerprint density at radius 1 is 1.10 bits per heavy atom. The highest BCUT2D eigenvalue weighted by Crippen LogP contribution is 2.16. The van der Waals surface area contributed by atoms with Crippen LogP contribution in [0.25, 0.3) is 0 Å². The number of hydrogen-bond donors (Lipinski definition) is 0. The van der Waals surface area contributed by atoms with Crippen LogP contribution in [-0.4, -0.2) is 61.1 Å². The summed E-state index contributed by atoms with van der Waals surface area (Å²) in [5.74, 6) is 0.162. The lowest BCUT2D eigenvalue weighted by Crippen LogP contribution is -2.39. The Hall–Kier alpha value is -1.39. The Labute approximate surface area is 120 Å². The standard InChI is InChI=1S/C16H22N2O2/c19-16(14-5-2-1-3-6-14)18-9-4-8-17(10-11-18)15-7-12-20-13-15/h1-3,5-6,15H,4,7-13H2. The van der Waals surface area contributed by atoms with Crippen molar-refractivity contribution in [3.63, 3.8) is 0 Å². The number of ether oxygens (including phenoxy) is 1. The van der Waals surface area contributed by atoms with E-state index < -0.39 is 0 Å². The summed E-state index contributed by atoms with van der Waals surface area (Å²) in [6, 6.07) is 10.1. The van der Waals surface area contributed by atoms with Gasteiger partial charge in [0, 0.05) is 44.4 Å². The predicted molar refractivity (Wildman–Crippen MR) is 77.8 cm³/mol. The van der Waals surface area contributed by atoms with Crippen molar-refractivity contribution < 1.29 is 9.53 Å². The van der Waals surface area contributed by atoms with Crippen LogP contribution < -0.4 is 0 Å². The summed E-state index contributed by atoms with van der Waals surface area (Å²) in [7, 11) is 0. The van der Waals surface area contributed by atoms with Crippen LogP contribution in [0.4, 0.5) is 0 Å². The molecule has 2 fully saturated rings. The van der Waals surface area contributed by atoms with Crippen molar-refractivity contribution in [1.82, 2.24) is 9.80 Å². The zero-order valence-electron chi connectivity index (χ0n) is 11.8. The maximum absolute atomic E-state index is 12.5. The van der Waals surface area contributed by atoms with Gasteiger partial charge in [-0.25, -0.2) is 0 Å². The summed E-state index contributed by atoms with van der Waals surface area (Å²) in [5.41, 5.74) is 0.796. The SMILES string of the molecule is O=C(c1ccccc1)N1CCCN(C2CCOC2)CC1. The van der Waals surface area contributed by atoms with Crippen molar-refractivity contribution in [2.75, 3.05) is 39.4 Å². The average Bonchev–Trinajstić information content (AvgIpc) is 2.92. The zero-order chi connectivity index (χ0) is 13.8. The molecule has 3 rings (SSSR count). The molecule has 0 aromatic heterocycles. The van der Waals surface area contributed by atoms with Crippen molar-refractivity contribution in [3.8, 4) is 0 Å². The van der Waals surface area contributed by atoms with Crippen LogP contribution in [0.1, 0.15) is 23.2 Å². The normalized spacial score (nSPS) is 24.6. The molecule has 1 aromatic rings. The molecule has 0 aliphatic carbocycles. The van der Waals surface area contributed by atoms with Crippen molar-refractivity contribution >= 4 is 5.91 Å². The topological polar surface area (TPSA) is 32.8 Å². The Kier molecular flexibility index (Phi) is 4.33. The lowest BCUT2D eigenvalue weighted by molar-refractivity contribution is 0.0756. The van der Waals surface area contributed by atoms with Crippen molar-refractivity contribution in [3.05, 3.63) is 35.9 Å². The molecule has 2 aliphatic heterocycles. The van der Waals surface area contributed by atoms with Gasteiger partial charge in [0.1, 0.15) is 0 Å². The summed E-state index contributed by atoms with van der Waals surface area (Å²) < 4.78 is 5.47. The number of carbonyl (C=O) groups is 1. The fourth-order valence-corrected chi connectivity index (χ4v) is 3.08. The highest BCUT2D eigenvalue weighted by Gasteiger charge is 2.26. The molecule has 0 N–H and O–H groups in total. The third-order valence-electron chi connectivity index (χ3n) is 4.26. The van der Waals surface area contributed by atoms with Gasteiger partial charge in [-0.2, -0.15) is 0 Å². The summed E-state index contributed by atoms with van der Waals surface area (Å²) in [4.78, 5) is 16.9. The molecule has 4 nitrogen and oxygen atoms in total. The highest BCUT2D eigenvalue weighted by atomic mass is 16.5. The zero-order valence-corrected chi connectivity index (χ0v) is 11.8. The van der Waals surface area contributed by atoms with Crippen LogP contribution in [0.2, 0.25) is 0 Å². The van der Waals surface area contributed by atoms with Crippen molar-refractivity contribution in [2.24, 2.45) is 0 Å². The molecule has 1 amide bonds. The number of rotatable bonds is 2. The van der Waals surface area contributed by atoms with E-state index in [1.807, 2.05) is 35.2 Å². The third-order valence-corrected chi connectivity index (χ3v) is 4.26. The molecule has 108 valence electrons. The lowest BCUT2D eigenvalue weighted by Gasteiger charge is -2.26. The first kappa shape index (κ1) is 13.6. The molecule has 4 heteroatoms. The van der Waals surface area contributed by atoms with E-state index in [1.54, 1.807) is 0 Å². The minimum Gasteiger partial charge on any atom is -0.380 e. The van der Waals surface area contributed by atoms with Crippen molar-refractivity contribution in [2.45, 2.75) is 18.9 Å². The largest absolute Gasteiger partial charge is 0.380 e. The Morgan fingerprint density at radius 3 is 2.70 bits per heavy atom. The van der Waals surface area contributed by atoms with E-state index in [4.69, 9.17) is 4.74 Å². The first-order chi connectivity index (χ1) is 9.84. The summed E-state index contributed by atoms with van der Waals surface area (Å²) in [6.45, 7) is 5.46. The smallest absolute Gasteiger partial charge is 0.253 e. The first-order valence-corrected chi connectivity index (χ1v) is 7.51. The predicted octanol–water partition coefficient (Wildman–Crippen LogP) is 1.62. The average molecular weight is 274 g/mol. The van der Waals surface area contributed by atoms with E-state index in [-0.39, 0.29) is 5.91 Å². The molecule has 0 bridgehead atoms. The van der Waals surface area contributed by atoms with Gasteiger partial charge in [0.25, 0.3) is 5.91 Å². The second-order valence-corrected chi connectivity index (χ2v) is 5.57. The molecule has 2 heterocycles. The summed E-state index contributed by atoms with van der Waals surface area (Å²) in [6.07, 6.45) is 2.18. The molecule has 2 aliphatic rings. The Morgan fingerprint density at radius 2 is 1.95 bits per heavy atom. The van der Waals surface area contributed by atoms with Gasteiger partial charge in [-0.05, 0) is 25.0 Å². The van der Waals surface area contributed by atoms with Gasteiger partial charge in [0.2, 0.25) is 0 Å². The van der Waals surface area contributed by atoms with Crippen LogP contribution in [0, 0.1) is 0 Å². The van der Waals surface area contributed by atoms with E-state index in [0.717, 1.165) is 57.8 Å². The highest BCUT2D eigenvalue weighted by molar-refractivity contribution is 5.94. The quantitative estimate of drug-likeness (QED) is 0.821. The minimum atomic E-state index is 0.162. The van der Waals surface area contributed by atoms with Gasteiger partial charge in [0.15, 0.2) is 0 Å². The van der Waals surface area contributed by atoms with Crippen LogP contribution in [0.3, 0.4) is 0 Å². The number of amides is 1. The molecule has 1 aromatic carbocycles. The van der Waals surface area contributed by atoms with Gasteiger partial charge >= 0.3 is 0 Å². The number of carbonyl (C=O) groups excluding carboxylic acids is 1. The van der Waals surface area contributed by atoms with Gasteiger partial charge in [-0.1, -0.05) is 18.2 Å². The molecule has 2 saturated heterocycles. The molecule has 0 saturated carbocycles. The van der Waals surface area contributed by atoms with Crippen LogP contribution >= 0.6 is 0 Å². The molecule has 20 heavy (non-hydrogen) atoms. The van der Waals surface area contributed by atoms with Crippen molar-refractivity contribution in [1.29, 1.82) is 0 Å². The summed E-state index contributed by atoms with van der Waals surface area (Å²) >= 11 is 0. The Bertz CT molecular complexity index is 443. The molecular formula is C16H22N2O2. The van der Waals surface area contributed by atoms with E-state index in [0.29, 0.717) is 6.04 Å². The van der Waals surface area contributed by atoms with E-state index in [2.05, 4.69) is 4.90 Å². The van der Waals surface area contributed by atoms with Gasteiger partial charge in [-0.15, -0.1) is 0 Å². The van der Waals surface area contributed by atoms with E-state index in [9.17, 15) is 4.79 Å². The molecule has 1 unspecified atom stereocenters. The monoisotopic (exact) mass is 274 g/mol. The minimum absolute atomic E-state index is 0.162. The second kappa shape index (κ2) is 6.37. The van der Waals surface area contributed by atoms with E-state index in [1.165, 1.54) is 0 Å².